The zero-order chi connectivity index (χ0) is 16.6. The number of ketones is 1. The zero-order valence-electron chi connectivity index (χ0n) is 12.0. The van der Waals surface area contributed by atoms with Gasteiger partial charge in [0, 0.05) is 21.3 Å². The molecule has 0 bridgehead atoms. The monoisotopic (exact) mass is 363 g/mol. The van der Waals surface area contributed by atoms with E-state index in [0.29, 0.717) is 31.6 Å². The molecule has 0 fully saturated rings. The summed E-state index contributed by atoms with van der Waals surface area (Å²) in [6.07, 6.45) is 0. The van der Waals surface area contributed by atoms with Crippen molar-refractivity contribution in [2.45, 2.75) is 6.92 Å². The van der Waals surface area contributed by atoms with Crippen molar-refractivity contribution in [2.24, 2.45) is 0 Å². The van der Waals surface area contributed by atoms with Crippen molar-refractivity contribution in [1.29, 1.82) is 0 Å². The van der Waals surface area contributed by atoms with Crippen LogP contribution in [-0.2, 0) is 0 Å². The van der Waals surface area contributed by atoms with Crippen molar-refractivity contribution >= 4 is 62.0 Å². The summed E-state index contributed by atoms with van der Waals surface area (Å²) in [4.78, 5) is 24.3. The lowest BCUT2D eigenvalue weighted by atomic mass is 10.1. The van der Waals surface area contributed by atoms with Gasteiger partial charge in [0.1, 0.15) is 4.88 Å². The predicted octanol–water partition coefficient (Wildman–Crippen LogP) is 5.66. The van der Waals surface area contributed by atoms with E-state index in [2.05, 4.69) is 5.32 Å². The van der Waals surface area contributed by atoms with E-state index in [-0.39, 0.29) is 11.7 Å². The van der Waals surface area contributed by atoms with E-state index in [1.54, 1.807) is 30.3 Å². The van der Waals surface area contributed by atoms with Crippen molar-refractivity contribution in [3.63, 3.8) is 0 Å². The molecular formula is C17H11Cl2NO2S. The minimum absolute atomic E-state index is 0.0622. The lowest BCUT2D eigenvalue weighted by Crippen LogP contribution is -2.11. The summed E-state index contributed by atoms with van der Waals surface area (Å²) in [5, 5.41) is 4.31. The van der Waals surface area contributed by atoms with Crippen LogP contribution < -0.4 is 5.32 Å². The van der Waals surface area contributed by atoms with Crippen molar-refractivity contribution in [3.05, 3.63) is 63.0 Å². The van der Waals surface area contributed by atoms with Crippen LogP contribution in [0.15, 0.2) is 42.5 Å². The third-order valence-electron chi connectivity index (χ3n) is 3.34. The van der Waals surface area contributed by atoms with Crippen LogP contribution in [0, 0.1) is 0 Å². The van der Waals surface area contributed by atoms with E-state index in [1.807, 2.05) is 12.1 Å². The molecule has 0 saturated carbocycles. The fraction of sp³-hybridized carbons (Fsp3) is 0.0588. The molecule has 1 N–H and O–H groups in total. The maximum absolute atomic E-state index is 12.5. The van der Waals surface area contributed by atoms with Gasteiger partial charge in [-0.25, -0.2) is 0 Å². The second-order valence-electron chi connectivity index (χ2n) is 4.95. The lowest BCUT2D eigenvalue weighted by molar-refractivity contribution is 0.101. The molecule has 0 aliphatic rings. The molecule has 116 valence electrons. The lowest BCUT2D eigenvalue weighted by Gasteiger charge is -2.05. The molecule has 0 aliphatic heterocycles. The van der Waals surface area contributed by atoms with Gasteiger partial charge < -0.3 is 5.32 Å². The minimum atomic E-state index is -0.326. The summed E-state index contributed by atoms with van der Waals surface area (Å²) in [5.41, 5.74) is 1.08. The molecule has 3 rings (SSSR count). The van der Waals surface area contributed by atoms with E-state index < -0.39 is 0 Å². The second-order valence-corrected chi connectivity index (χ2v) is 6.79. The molecule has 0 atom stereocenters. The number of rotatable bonds is 3. The summed E-state index contributed by atoms with van der Waals surface area (Å²) in [5.74, 6) is -0.388. The molecular weight excluding hydrogens is 353 g/mol. The molecule has 0 saturated heterocycles. The molecule has 1 heterocycles. The molecule has 2 aromatic carbocycles. The first-order valence-corrected chi connectivity index (χ1v) is 8.33. The first-order valence-electron chi connectivity index (χ1n) is 6.76. The van der Waals surface area contributed by atoms with Gasteiger partial charge in [0.25, 0.3) is 5.91 Å². The average molecular weight is 364 g/mol. The number of halogens is 2. The van der Waals surface area contributed by atoms with Crippen molar-refractivity contribution in [2.75, 3.05) is 5.32 Å². The largest absolute Gasteiger partial charge is 0.321 e. The van der Waals surface area contributed by atoms with Gasteiger partial charge in [0.15, 0.2) is 5.78 Å². The van der Waals surface area contributed by atoms with Gasteiger partial charge in [0.2, 0.25) is 0 Å². The fourth-order valence-corrected chi connectivity index (χ4v) is 4.07. The maximum atomic E-state index is 12.5. The zero-order valence-corrected chi connectivity index (χ0v) is 14.4. The van der Waals surface area contributed by atoms with Gasteiger partial charge in [-0.15, -0.1) is 11.3 Å². The highest BCUT2D eigenvalue weighted by Crippen LogP contribution is 2.39. The Labute approximate surface area is 146 Å². The van der Waals surface area contributed by atoms with Crippen LogP contribution in [0.25, 0.3) is 10.1 Å². The number of nitrogens with one attached hydrogen (secondary N) is 1. The summed E-state index contributed by atoms with van der Waals surface area (Å²) < 4.78 is 0.852. The fourth-order valence-electron chi connectivity index (χ4n) is 2.22. The summed E-state index contributed by atoms with van der Waals surface area (Å²) in [7, 11) is 0. The van der Waals surface area contributed by atoms with Crippen LogP contribution in [0.2, 0.25) is 10.0 Å². The van der Waals surface area contributed by atoms with Gasteiger partial charge in [-0.3, -0.25) is 9.59 Å². The molecule has 3 aromatic rings. The van der Waals surface area contributed by atoms with Gasteiger partial charge in [0.05, 0.1) is 10.0 Å². The topological polar surface area (TPSA) is 46.2 Å². The Hall–Kier alpha value is -1.88. The molecule has 1 amide bonds. The van der Waals surface area contributed by atoms with Gasteiger partial charge in [-0.2, -0.15) is 0 Å². The average Bonchev–Trinajstić information content (AvgIpc) is 2.86. The van der Waals surface area contributed by atoms with Crippen molar-refractivity contribution < 1.29 is 9.59 Å². The normalized spacial score (nSPS) is 10.7. The molecule has 0 spiro atoms. The SMILES string of the molecule is CC(=O)c1cccc(NC(=O)c2sc3cccc(Cl)c3c2Cl)c1. The number of carbonyl (C=O) groups is 2. The van der Waals surface area contributed by atoms with Gasteiger partial charge in [-0.05, 0) is 31.2 Å². The number of hydrogen-bond acceptors (Lipinski definition) is 3. The molecule has 1 aromatic heterocycles. The molecule has 0 radical (unpaired) electrons. The summed E-state index contributed by atoms with van der Waals surface area (Å²) in [6, 6.07) is 12.2. The highest BCUT2D eigenvalue weighted by Gasteiger charge is 2.19. The molecule has 0 unspecified atom stereocenters. The number of anilines is 1. The van der Waals surface area contributed by atoms with Crippen LogP contribution in [0.3, 0.4) is 0 Å². The maximum Gasteiger partial charge on any atom is 0.267 e. The summed E-state index contributed by atoms with van der Waals surface area (Å²) in [6.45, 7) is 1.48. The minimum Gasteiger partial charge on any atom is -0.321 e. The second kappa shape index (κ2) is 6.32. The Morgan fingerprint density at radius 2 is 1.83 bits per heavy atom. The number of fused-ring (bicyclic) bond motifs is 1. The van der Waals surface area contributed by atoms with Gasteiger partial charge >= 0.3 is 0 Å². The van der Waals surface area contributed by atoms with Crippen LogP contribution in [-0.4, -0.2) is 11.7 Å². The summed E-state index contributed by atoms with van der Waals surface area (Å²) >= 11 is 13.7. The molecule has 23 heavy (non-hydrogen) atoms. The Bertz CT molecular complexity index is 933. The third-order valence-corrected chi connectivity index (χ3v) is 5.30. The number of carbonyl (C=O) groups excluding carboxylic acids is 2. The quantitative estimate of drug-likeness (QED) is 0.609. The molecule has 3 nitrogen and oxygen atoms in total. The highest BCUT2D eigenvalue weighted by molar-refractivity contribution is 7.21. The standard InChI is InChI=1S/C17H11Cl2NO2S/c1-9(21)10-4-2-5-11(8-10)20-17(22)16-15(19)14-12(18)6-3-7-13(14)23-16/h2-8H,1H3,(H,20,22). The Balaban J connectivity index is 1.95. The molecule has 0 aliphatic carbocycles. The van der Waals surface area contributed by atoms with E-state index >= 15 is 0 Å². The van der Waals surface area contributed by atoms with E-state index in [0.717, 1.165) is 4.70 Å². The smallest absolute Gasteiger partial charge is 0.267 e. The highest BCUT2D eigenvalue weighted by atomic mass is 35.5. The van der Waals surface area contributed by atoms with E-state index in [9.17, 15) is 9.59 Å². The Kier molecular flexibility index (Phi) is 4.39. The molecule has 6 heteroatoms. The number of amides is 1. The first kappa shape index (κ1) is 16.0. The number of thiophene rings is 1. The van der Waals surface area contributed by atoms with E-state index in [1.165, 1.54) is 18.3 Å². The van der Waals surface area contributed by atoms with Crippen molar-refractivity contribution in [3.8, 4) is 0 Å². The van der Waals surface area contributed by atoms with Crippen molar-refractivity contribution in [1.82, 2.24) is 0 Å². The van der Waals surface area contributed by atoms with Gasteiger partial charge in [-0.1, -0.05) is 41.4 Å². The number of Topliss-reactive ketones (excluding diaryl/α,β-unsaturated/α-hetero) is 1. The Morgan fingerprint density at radius 3 is 2.52 bits per heavy atom. The van der Waals surface area contributed by atoms with E-state index in [4.69, 9.17) is 23.2 Å². The predicted molar refractivity (Wildman–Crippen MR) is 96.2 cm³/mol. The number of benzene rings is 2. The number of hydrogen-bond donors (Lipinski definition) is 1. The van der Waals surface area contributed by atoms with Crippen LogP contribution >= 0.6 is 34.5 Å². The third kappa shape index (κ3) is 3.11. The first-order chi connectivity index (χ1) is 11.0. The Morgan fingerprint density at radius 1 is 1.09 bits per heavy atom. The van der Waals surface area contributed by atoms with Crippen LogP contribution in [0.1, 0.15) is 27.0 Å². The van der Waals surface area contributed by atoms with Crippen LogP contribution in [0.5, 0.6) is 0 Å². The van der Waals surface area contributed by atoms with Crippen LogP contribution in [0.4, 0.5) is 5.69 Å².